The predicted octanol–water partition coefficient (Wildman–Crippen LogP) is 1.41. The first kappa shape index (κ1) is 16.3. The molecule has 0 aromatic carbocycles. The lowest BCUT2D eigenvalue weighted by molar-refractivity contribution is 0.0581. The second-order valence-electron chi connectivity index (χ2n) is 8.52. The molecule has 0 radical (unpaired) electrons. The standard InChI is InChI=1S/C17H30N2O3S/c1-23(20,21)19-7-6-17(13-19)12-18(8-14-2-3-14)9-16(17)11-22-10-15-4-5-15/h14-16H,2-13H2,1H3/t16-,17+/m1/s1. The Morgan fingerprint density at radius 3 is 2.43 bits per heavy atom. The van der Waals surface area contributed by atoms with Crippen molar-refractivity contribution >= 4 is 10.0 Å². The fourth-order valence-corrected chi connectivity index (χ4v) is 5.36. The zero-order valence-corrected chi connectivity index (χ0v) is 15.1. The maximum atomic E-state index is 11.9. The Morgan fingerprint density at radius 1 is 1.09 bits per heavy atom. The number of ether oxygens (including phenoxy) is 1. The van der Waals surface area contributed by atoms with Gasteiger partial charge in [-0.25, -0.2) is 12.7 Å². The van der Waals surface area contributed by atoms with Gasteiger partial charge in [0.15, 0.2) is 0 Å². The van der Waals surface area contributed by atoms with E-state index in [1.54, 1.807) is 4.31 Å². The molecule has 23 heavy (non-hydrogen) atoms. The highest BCUT2D eigenvalue weighted by Crippen LogP contribution is 2.46. The van der Waals surface area contributed by atoms with Crippen LogP contribution in [0.15, 0.2) is 0 Å². The van der Waals surface area contributed by atoms with E-state index in [1.165, 1.54) is 38.5 Å². The van der Waals surface area contributed by atoms with Crippen LogP contribution in [0.2, 0.25) is 0 Å². The van der Waals surface area contributed by atoms with Gasteiger partial charge in [0, 0.05) is 50.7 Å². The van der Waals surface area contributed by atoms with Crippen LogP contribution in [0.1, 0.15) is 32.1 Å². The number of likely N-dealkylation sites (tertiary alicyclic amines) is 1. The van der Waals surface area contributed by atoms with E-state index in [0.717, 1.165) is 44.6 Å². The summed E-state index contributed by atoms with van der Waals surface area (Å²) in [5.41, 5.74) is 0.127. The molecule has 2 aliphatic heterocycles. The van der Waals surface area contributed by atoms with Crippen LogP contribution in [0.3, 0.4) is 0 Å². The zero-order valence-electron chi connectivity index (χ0n) is 14.2. The van der Waals surface area contributed by atoms with Gasteiger partial charge in [-0.15, -0.1) is 0 Å². The molecule has 5 nitrogen and oxygen atoms in total. The molecule has 0 bridgehead atoms. The van der Waals surface area contributed by atoms with Crippen LogP contribution < -0.4 is 0 Å². The molecule has 4 aliphatic rings. The topological polar surface area (TPSA) is 49.9 Å². The molecule has 0 aromatic heterocycles. The number of hydrogen-bond donors (Lipinski definition) is 0. The molecule has 132 valence electrons. The van der Waals surface area contributed by atoms with Crippen molar-refractivity contribution in [3.05, 3.63) is 0 Å². The predicted molar refractivity (Wildman–Crippen MR) is 89.7 cm³/mol. The van der Waals surface area contributed by atoms with Crippen LogP contribution in [-0.2, 0) is 14.8 Å². The summed E-state index contributed by atoms with van der Waals surface area (Å²) < 4.78 is 31.6. The van der Waals surface area contributed by atoms with E-state index in [-0.39, 0.29) is 5.41 Å². The van der Waals surface area contributed by atoms with Gasteiger partial charge in [-0.3, -0.25) is 0 Å². The second kappa shape index (κ2) is 5.97. The summed E-state index contributed by atoms with van der Waals surface area (Å²) in [4.78, 5) is 2.59. The Morgan fingerprint density at radius 2 is 1.83 bits per heavy atom. The van der Waals surface area contributed by atoms with Crippen LogP contribution in [0.5, 0.6) is 0 Å². The summed E-state index contributed by atoms with van der Waals surface area (Å²) in [6.45, 7) is 6.48. The fourth-order valence-electron chi connectivity index (χ4n) is 4.44. The first-order chi connectivity index (χ1) is 10.9. The van der Waals surface area contributed by atoms with E-state index < -0.39 is 10.0 Å². The zero-order chi connectivity index (χ0) is 16.1. The summed E-state index contributed by atoms with van der Waals surface area (Å²) in [5, 5.41) is 0. The first-order valence-corrected chi connectivity index (χ1v) is 11.0. The molecule has 6 heteroatoms. The molecule has 1 spiro atoms. The van der Waals surface area contributed by atoms with Crippen LogP contribution >= 0.6 is 0 Å². The van der Waals surface area contributed by atoms with Crippen LogP contribution in [-0.4, -0.2) is 69.8 Å². The van der Waals surface area contributed by atoms with Crippen molar-refractivity contribution in [3.63, 3.8) is 0 Å². The third-order valence-corrected chi connectivity index (χ3v) is 7.54. The maximum absolute atomic E-state index is 11.9. The molecule has 0 N–H and O–H groups in total. The molecule has 2 saturated carbocycles. The highest BCUT2D eigenvalue weighted by Gasteiger charge is 2.52. The largest absolute Gasteiger partial charge is 0.381 e. The van der Waals surface area contributed by atoms with Crippen molar-refractivity contribution in [1.29, 1.82) is 0 Å². The number of sulfonamides is 1. The van der Waals surface area contributed by atoms with E-state index in [4.69, 9.17) is 4.74 Å². The lowest BCUT2D eigenvalue weighted by atomic mass is 9.78. The van der Waals surface area contributed by atoms with Crippen molar-refractivity contribution in [2.75, 3.05) is 52.2 Å². The molecule has 4 fully saturated rings. The molecule has 2 aliphatic carbocycles. The molecular weight excluding hydrogens is 312 g/mol. The third kappa shape index (κ3) is 3.75. The Kier molecular flexibility index (Phi) is 4.23. The molecule has 2 heterocycles. The average molecular weight is 343 g/mol. The second-order valence-corrected chi connectivity index (χ2v) is 10.5. The molecule has 2 atom stereocenters. The smallest absolute Gasteiger partial charge is 0.211 e. The Balaban J connectivity index is 1.42. The minimum absolute atomic E-state index is 0.127. The van der Waals surface area contributed by atoms with Crippen LogP contribution in [0.25, 0.3) is 0 Å². The summed E-state index contributed by atoms with van der Waals surface area (Å²) in [7, 11) is -3.07. The molecule has 0 aromatic rings. The van der Waals surface area contributed by atoms with E-state index in [1.807, 2.05) is 0 Å². The molecular formula is C17H30N2O3S. The maximum Gasteiger partial charge on any atom is 0.211 e. The molecule has 2 saturated heterocycles. The highest BCUT2D eigenvalue weighted by molar-refractivity contribution is 7.88. The van der Waals surface area contributed by atoms with Gasteiger partial charge in [0.25, 0.3) is 0 Å². The van der Waals surface area contributed by atoms with Crippen LogP contribution in [0, 0.1) is 23.2 Å². The number of nitrogens with zero attached hydrogens (tertiary/aromatic N) is 2. The first-order valence-electron chi connectivity index (χ1n) is 9.20. The van der Waals surface area contributed by atoms with E-state index in [9.17, 15) is 8.42 Å². The highest BCUT2D eigenvalue weighted by atomic mass is 32.2. The third-order valence-electron chi connectivity index (χ3n) is 6.29. The van der Waals surface area contributed by atoms with Gasteiger partial charge >= 0.3 is 0 Å². The number of hydrogen-bond acceptors (Lipinski definition) is 4. The molecule has 0 amide bonds. The van der Waals surface area contributed by atoms with Gasteiger partial charge in [0.1, 0.15) is 0 Å². The quantitative estimate of drug-likeness (QED) is 0.702. The van der Waals surface area contributed by atoms with Crippen molar-refractivity contribution in [3.8, 4) is 0 Å². The SMILES string of the molecule is CS(=O)(=O)N1CC[C@]2(CN(CC3CC3)C[C@@H]2COCC2CC2)C1. The van der Waals surface area contributed by atoms with Gasteiger partial charge < -0.3 is 9.64 Å². The Bertz CT molecular complexity index is 544. The lowest BCUT2D eigenvalue weighted by Crippen LogP contribution is -2.38. The van der Waals surface area contributed by atoms with Crippen molar-refractivity contribution in [2.45, 2.75) is 32.1 Å². The normalized spacial score (nSPS) is 36.3. The monoisotopic (exact) mass is 342 g/mol. The van der Waals surface area contributed by atoms with Crippen molar-refractivity contribution in [2.24, 2.45) is 23.2 Å². The minimum Gasteiger partial charge on any atom is -0.381 e. The van der Waals surface area contributed by atoms with Crippen LogP contribution in [0.4, 0.5) is 0 Å². The van der Waals surface area contributed by atoms with E-state index in [2.05, 4.69) is 4.90 Å². The Labute approximate surface area is 140 Å². The fraction of sp³-hybridized carbons (Fsp3) is 1.00. The minimum atomic E-state index is -3.07. The van der Waals surface area contributed by atoms with Crippen molar-refractivity contribution < 1.29 is 13.2 Å². The van der Waals surface area contributed by atoms with Gasteiger partial charge in [-0.05, 0) is 43.9 Å². The van der Waals surface area contributed by atoms with Gasteiger partial charge in [-0.2, -0.15) is 0 Å². The summed E-state index contributed by atoms with van der Waals surface area (Å²) >= 11 is 0. The van der Waals surface area contributed by atoms with Crippen molar-refractivity contribution in [1.82, 2.24) is 9.21 Å². The van der Waals surface area contributed by atoms with Gasteiger partial charge in [0.05, 0.1) is 12.9 Å². The lowest BCUT2D eigenvalue weighted by Gasteiger charge is -2.30. The Hall–Kier alpha value is -0.170. The van der Waals surface area contributed by atoms with Gasteiger partial charge in [0.2, 0.25) is 10.0 Å². The molecule has 4 rings (SSSR count). The van der Waals surface area contributed by atoms with Gasteiger partial charge in [-0.1, -0.05) is 0 Å². The van der Waals surface area contributed by atoms with E-state index in [0.29, 0.717) is 19.0 Å². The molecule has 0 unspecified atom stereocenters. The number of rotatable bonds is 7. The average Bonchev–Trinajstić information content (AvgIpc) is 3.38. The van der Waals surface area contributed by atoms with E-state index >= 15 is 0 Å². The summed E-state index contributed by atoms with van der Waals surface area (Å²) in [6.07, 6.45) is 7.75. The summed E-state index contributed by atoms with van der Waals surface area (Å²) in [5.74, 6) is 2.18. The summed E-state index contributed by atoms with van der Waals surface area (Å²) in [6, 6.07) is 0.